The van der Waals surface area contributed by atoms with Gasteiger partial charge in [-0.05, 0) is 23.3 Å². The molecule has 1 atom stereocenters. The van der Waals surface area contributed by atoms with Crippen LogP contribution in [0, 0.1) is 10.1 Å². The van der Waals surface area contributed by atoms with Crippen LogP contribution in [0.2, 0.25) is 0 Å². The number of benzene rings is 3. The number of nitrogens with zero attached hydrogens (tertiary/aromatic N) is 3. The predicted octanol–water partition coefficient (Wildman–Crippen LogP) is 4.96. The molecule has 28 heavy (non-hydrogen) atoms. The van der Waals surface area contributed by atoms with Crippen molar-refractivity contribution < 1.29 is 9.66 Å². The van der Waals surface area contributed by atoms with Crippen LogP contribution in [-0.2, 0) is 0 Å². The Kier molecular flexibility index (Phi) is 4.76. The van der Waals surface area contributed by atoms with Crippen molar-refractivity contribution in [3.63, 3.8) is 0 Å². The summed E-state index contributed by atoms with van der Waals surface area (Å²) >= 11 is 0. The summed E-state index contributed by atoms with van der Waals surface area (Å²) in [5.74, 6) is 0.705. The van der Waals surface area contributed by atoms with E-state index in [9.17, 15) is 10.1 Å². The van der Waals surface area contributed by atoms with Gasteiger partial charge in [0.1, 0.15) is 11.4 Å². The first kappa shape index (κ1) is 17.7. The smallest absolute Gasteiger partial charge is 0.269 e. The number of hydrogen-bond acceptors (Lipinski definition) is 5. The fraction of sp³-hybridized carbons (Fsp3) is 0.136. The first-order valence-corrected chi connectivity index (χ1v) is 8.97. The molecule has 3 aromatic rings. The third-order valence-electron chi connectivity index (χ3n) is 4.82. The maximum absolute atomic E-state index is 11.2. The van der Waals surface area contributed by atoms with Crippen molar-refractivity contribution in [3.8, 4) is 5.75 Å². The van der Waals surface area contributed by atoms with Crippen LogP contribution in [0.1, 0.15) is 23.6 Å². The molecule has 0 spiro atoms. The molecular formula is C22H19N3O3. The maximum atomic E-state index is 11.2. The number of nitro benzene ring substituents is 1. The summed E-state index contributed by atoms with van der Waals surface area (Å²) in [7, 11) is 1.62. The molecular weight excluding hydrogens is 354 g/mol. The topological polar surface area (TPSA) is 68.0 Å². The van der Waals surface area contributed by atoms with Crippen LogP contribution in [0.3, 0.4) is 0 Å². The van der Waals surface area contributed by atoms with Gasteiger partial charge in [0.25, 0.3) is 5.69 Å². The largest absolute Gasteiger partial charge is 0.495 e. The van der Waals surface area contributed by atoms with Gasteiger partial charge in [0.2, 0.25) is 0 Å². The molecule has 3 aromatic carbocycles. The van der Waals surface area contributed by atoms with Crippen LogP contribution in [0.15, 0.2) is 84.0 Å². The normalized spacial score (nSPS) is 16.0. The Morgan fingerprint density at radius 1 is 1.04 bits per heavy atom. The lowest BCUT2D eigenvalue weighted by molar-refractivity contribution is -0.384. The molecule has 0 saturated heterocycles. The van der Waals surface area contributed by atoms with Gasteiger partial charge in [-0.3, -0.25) is 15.1 Å². The minimum absolute atomic E-state index is 0.0747. The molecule has 1 heterocycles. The van der Waals surface area contributed by atoms with Gasteiger partial charge in [0.05, 0.1) is 23.8 Å². The molecule has 1 aliphatic heterocycles. The summed E-state index contributed by atoms with van der Waals surface area (Å²) in [6, 6.07) is 24.2. The molecule has 0 aromatic heterocycles. The quantitative estimate of drug-likeness (QED) is 0.468. The highest BCUT2D eigenvalue weighted by Gasteiger charge is 2.32. The highest BCUT2D eigenvalue weighted by atomic mass is 16.6. The minimum Gasteiger partial charge on any atom is -0.495 e. The van der Waals surface area contributed by atoms with E-state index < -0.39 is 0 Å². The van der Waals surface area contributed by atoms with Crippen LogP contribution >= 0.6 is 0 Å². The fourth-order valence-electron chi connectivity index (χ4n) is 3.46. The molecule has 0 amide bonds. The van der Waals surface area contributed by atoms with Crippen molar-refractivity contribution in [3.05, 3.63) is 100 Å². The Labute approximate surface area is 162 Å². The van der Waals surface area contributed by atoms with E-state index in [1.54, 1.807) is 19.2 Å². The summed E-state index contributed by atoms with van der Waals surface area (Å²) in [4.78, 5) is 10.9. The Hall–Kier alpha value is -3.67. The summed E-state index contributed by atoms with van der Waals surface area (Å²) in [5.41, 5.74) is 3.71. The van der Waals surface area contributed by atoms with Crippen LogP contribution in [-0.4, -0.2) is 17.7 Å². The number of nitro groups is 1. The van der Waals surface area contributed by atoms with E-state index in [1.165, 1.54) is 6.07 Å². The van der Waals surface area contributed by atoms with E-state index in [0.717, 1.165) is 22.5 Å². The van der Waals surface area contributed by atoms with Gasteiger partial charge in [0.15, 0.2) is 0 Å². The molecule has 1 aliphatic rings. The Balaban J connectivity index is 1.80. The lowest BCUT2D eigenvalue weighted by atomic mass is 9.98. The maximum Gasteiger partial charge on any atom is 0.269 e. The molecule has 140 valence electrons. The molecule has 6 nitrogen and oxygen atoms in total. The van der Waals surface area contributed by atoms with Crippen LogP contribution in [0.5, 0.6) is 5.75 Å². The van der Waals surface area contributed by atoms with Crippen LogP contribution < -0.4 is 9.75 Å². The molecule has 6 heteroatoms. The van der Waals surface area contributed by atoms with Gasteiger partial charge in [0, 0.05) is 18.6 Å². The van der Waals surface area contributed by atoms with E-state index >= 15 is 0 Å². The lowest BCUT2D eigenvalue weighted by Gasteiger charge is -2.25. The summed E-state index contributed by atoms with van der Waals surface area (Å²) in [6.07, 6.45) is 0.642. The van der Waals surface area contributed by atoms with Crippen LogP contribution in [0.4, 0.5) is 11.4 Å². The Bertz CT molecular complexity index is 1030. The average Bonchev–Trinajstić information content (AvgIpc) is 3.20. The number of anilines is 1. The number of para-hydroxylation sites is 2. The zero-order valence-corrected chi connectivity index (χ0v) is 15.4. The van der Waals surface area contributed by atoms with Gasteiger partial charge < -0.3 is 4.74 Å². The summed E-state index contributed by atoms with van der Waals surface area (Å²) in [6.45, 7) is 0. The van der Waals surface area contributed by atoms with E-state index in [1.807, 2.05) is 65.7 Å². The van der Waals surface area contributed by atoms with Gasteiger partial charge in [-0.25, -0.2) is 0 Å². The van der Waals surface area contributed by atoms with Crippen molar-refractivity contribution in [2.45, 2.75) is 12.5 Å². The number of hydrogen-bond donors (Lipinski definition) is 0. The lowest BCUT2D eigenvalue weighted by Crippen LogP contribution is -2.19. The third kappa shape index (κ3) is 3.32. The monoisotopic (exact) mass is 373 g/mol. The number of non-ortho nitro benzene ring substituents is 1. The Morgan fingerprint density at radius 3 is 2.54 bits per heavy atom. The van der Waals surface area contributed by atoms with Gasteiger partial charge in [-0.1, -0.05) is 54.6 Å². The van der Waals surface area contributed by atoms with E-state index in [4.69, 9.17) is 9.84 Å². The van der Waals surface area contributed by atoms with Crippen molar-refractivity contribution >= 4 is 17.1 Å². The molecule has 1 unspecified atom stereocenters. The molecule has 0 fully saturated rings. The second kappa shape index (κ2) is 7.52. The van der Waals surface area contributed by atoms with Crippen molar-refractivity contribution in [1.29, 1.82) is 0 Å². The molecule has 0 aliphatic carbocycles. The number of methoxy groups -OCH3 is 1. The number of hydrazone groups is 1. The summed E-state index contributed by atoms with van der Waals surface area (Å²) < 4.78 is 5.53. The molecule has 0 bridgehead atoms. The first-order chi connectivity index (χ1) is 13.7. The van der Waals surface area contributed by atoms with Crippen molar-refractivity contribution in [1.82, 2.24) is 0 Å². The van der Waals surface area contributed by atoms with E-state index in [0.29, 0.717) is 12.2 Å². The van der Waals surface area contributed by atoms with E-state index in [-0.39, 0.29) is 16.7 Å². The Morgan fingerprint density at radius 2 is 1.79 bits per heavy atom. The second-order valence-corrected chi connectivity index (χ2v) is 6.50. The predicted molar refractivity (Wildman–Crippen MR) is 109 cm³/mol. The van der Waals surface area contributed by atoms with Gasteiger partial charge >= 0.3 is 0 Å². The van der Waals surface area contributed by atoms with Gasteiger partial charge in [-0.15, -0.1) is 0 Å². The molecule has 0 saturated carbocycles. The number of ether oxygens (including phenoxy) is 1. The summed E-state index contributed by atoms with van der Waals surface area (Å²) in [5, 5.41) is 18.0. The van der Waals surface area contributed by atoms with Crippen LogP contribution in [0.25, 0.3) is 0 Å². The third-order valence-corrected chi connectivity index (χ3v) is 4.82. The molecule has 0 N–H and O–H groups in total. The minimum atomic E-state index is -0.370. The zero-order chi connectivity index (χ0) is 19.5. The highest BCUT2D eigenvalue weighted by Crippen LogP contribution is 2.41. The first-order valence-electron chi connectivity index (χ1n) is 8.97. The SMILES string of the molecule is COc1ccccc1N1N=C(c2ccccc2)CC1c1cccc([N+](=O)[O-])c1. The number of rotatable bonds is 5. The second-order valence-electron chi connectivity index (χ2n) is 6.50. The van der Waals surface area contributed by atoms with Gasteiger partial charge in [-0.2, -0.15) is 5.10 Å². The molecule has 0 radical (unpaired) electrons. The van der Waals surface area contributed by atoms with Crippen molar-refractivity contribution in [2.75, 3.05) is 12.1 Å². The highest BCUT2D eigenvalue weighted by molar-refractivity contribution is 6.03. The fourth-order valence-corrected chi connectivity index (χ4v) is 3.46. The zero-order valence-electron chi connectivity index (χ0n) is 15.4. The van der Waals surface area contributed by atoms with Crippen molar-refractivity contribution in [2.24, 2.45) is 5.10 Å². The van der Waals surface area contributed by atoms with E-state index in [2.05, 4.69) is 0 Å². The average molecular weight is 373 g/mol. The molecule has 4 rings (SSSR count). The standard InChI is InChI=1S/C22H19N3O3/c1-28-22-13-6-5-12-20(22)24-21(17-10-7-11-18(14-17)25(26)27)15-19(23-24)16-8-3-2-4-9-16/h2-14,21H,15H2,1H3.